The van der Waals surface area contributed by atoms with Gasteiger partial charge in [0.15, 0.2) is 5.01 Å². The Balaban J connectivity index is 1.38. The lowest BCUT2D eigenvalue weighted by Gasteiger charge is -2.17. The predicted octanol–water partition coefficient (Wildman–Crippen LogP) is 4.32. The second-order valence-corrected chi connectivity index (χ2v) is 8.13. The number of nitrogens with zero attached hydrogens (tertiary/aromatic N) is 2. The van der Waals surface area contributed by atoms with Gasteiger partial charge in [-0.1, -0.05) is 40.6 Å². The van der Waals surface area contributed by atoms with Crippen LogP contribution in [0.2, 0.25) is 10.0 Å². The molecule has 4 rings (SSSR count). The Kier molecular flexibility index (Phi) is 5.77. The first-order valence-corrected chi connectivity index (χ1v) is 10.2. The monoisotopic (exact) mass is 434 g/mol. The molecule has 0 atom stereocenters. The zero-order valence-corrected chi connectivity index (χ0v) is 17.0. The second kappa shape index (κ2) is 8.45. The molecule has 144 valence electrons. The second-order valence-electron chi connectivity index (χ2n) is 6.23. The van der Waals surface area contributed by atoms with Gasteiger partial charge in [-0.3, -0.25) is 10.1 Å². The van der Waals surface area contributed by atoms with Crippen LogP contribution in [0, 0.1) is 0 Å². The van der Waals surface area contributed by atoms with Crippen LogP contribution in [0.15, 0.2) is 36.4 Å². The van der Waals surface area contributed by atoms with E-state index in [1.54, 1.807) is 18.2 Å². The van der Waals surface area contributed by atoms with Crippen LogP contribution in [0.3, 0.4) is 0 Å². The molecule has 0 fully saturated rings. The van der Waals surface area contributed by atoms with Crippen LogP contribution in [0.25, 0.3) is 0 Å². The summed E-state index contributed by atoms with van der Waals surface area (Å²) in [6.07, 6.45) is 0.921. The van der Waals surface area contributed by atoms with Crippen LogP contribution >= 0.6 is 34.5 Å². The van der Waals surface area contributed by atoms with Gasteiger partial charge in [-0.15, -0.1) is 10.2 Å². The lowest BCUT2D eigenvalue weighted by Crippen LogP contribution is -2.24. The largest absolute Gasteiger partial charge is 0.485 e. The standard InChI is InChI=1S/C19H16Cl2N4O2S/c20-14-3-4-16(15(21)8-14)27-10-17-24-25-19(28-17)23-18(26)12-1-2-13-9-22-6-5-11(13)7-12/h1-4,7-8,22H,5-6,9-10H2,(H,23,25,26). The van der Waals surface area contributed by atoms with Crippen molar-refractivity contribution >= 4 is 45.6 Å². The maximum Gasteiger partial charge on any atom is 0.257 e. The molecule has 0 saturated carbocycles. The van der Waals surface area contributed by atoms with Crippen molar-refractivity contribution in [3.63, 3.8) is 0 Å². The molecule has 1 aromatic heterocycles. The number of hydrogen-bond acceptors (Lipinski definition) is 6. The van der Waals surface area contributed by atoms with Crippen LogP contribution < -0.4 is 15.4 Å². The molecule has 9 heteroatoms. The van der Waals surface area contributed by atoms with Crippen molar-refractivity contribution in [3.8, 4) is 5.75 Å². The lowest BCUT2D eigenvalue weighted by molar-refractivity contribution is 0.102. The topological polar surface area (TPSA) is 76.1 Å². The number of rotatable bonds is 5. The van der Waals surface area contributed by atoms with Crippen molar-refractivity contribution < 1.29 is 9.53 Å². The van der Waals surface area contributed by atoms with Gasteiger partial charge in [0.25, 0.3) is 5.91 Å². The number of carbonyl (C=O) groups is 1. The van der Waals surface area contributed by atoms with E-state index in [4.69, 9.17) is 27.9 Å². The van der Waals surface area contributed by atoms with Crippen molar-refractivity contribution in [2.75, 3.05) is 11.9 Å². The highest BCUT2D eigenvalue weighted by atomic mass is 35.5. The summed E-state index contributed by atoms with van der Waals surface area (Å²) in [5.41, 5.74) is 3.05. The molecular weight excluding hydrogens is 419 g/mol. The van der Waals surface area contributed by atoms with Crippen LogP contribution in [-0.4, -0.2) is 22.6 Å². The number of anilines is 1. The minimum Gasteiger partial charge on any atom is -0.485 e. The maximum atomic E-state index is 12.5. The molecule has 2 aromatic carbocycles. The fraction of sp³-hybridized carbons (Fsp3) is 0.211. The molecule has 6 nitrogen and oxygen atoms in total. The molecule has 0 spiro atoms. The minimum atomic E-state index is -0.203. The maximum absolute atomic E-state index is 12.5. The summed E-state index contributed by atoms with van der Waals surface area (Å²) in [5, 5.41) is 16.2. The third kappa shape index (κ3) is 4.44. The van der Waals surface area contributed by atoms with E-state index < -0.39 is 0 Å². The fourth-order valence-corrected chi connectivity index (χ4v) is 3.99. The van der Waals surface area contributed by atoms with Gasteiger partial charge in [0.2, 0.25) is 5.13 Å². The van der Waals surface area contributed by atoms with Crippen LogP contribution in [0.5, 0.6) is 5.75 Å². The Morgan fingerprint density at radius 3 is 2.93 bits per heavy atom. The first-order chi connectivity index (χ1) is 13.6. The zero-order chi connectivity index (χ0) is 19.5. The van der Waals surface area contributed by atoms with Gasteiger partial charge in [-0.05, 0) is 54.4 Å². The van der Waals surface area contributed by atoms with E-state index in [9.17, 15) is 4.79 Å². The van der Waals surface area contributed by atoms with Crippen molar-refractivity contribution in [1.29, 1.82) is 0 Å². The number of amides is 1. The average Bonchev–Trinajstić information content (AvgIpc) is 3.14. The molecule has 0 aliphatic carbocycles. The van der Waals surface area contributed by atoms with Gasteiger partial charge in [-0.2, -0.15) is 0 Å². The Hall–Kier alpha value is -2.19. The summed E-state index contributed by atoms with van der Waals surface area (Å²) in [6.45, 7) is 1.96. The van der Waals surface area contributed by atoms with Crippen molar-refractivity contribution in [3.05, 3.63) is 68.1 Å². The predicted molar refractivity (Wildman–Crippen MR) is 111 cm³/mol. The van der Waals surface area contributed by atoms with Crippen molar-refractivity contribution in [2.24, 2.45) is 0 Å². The van der Waals surface area contributed by atoms with Crippen LogP contribution in [-0.2, 0) is 19.6 Å². The van der Waals surface area contributed by atoms with Gasteiger partial charge >= 0.3 is 0 Å². The summed E-state index contributed by atoms with van der Waals surface area (Å²) < 4.78 is 5.64. The molecular formula is C19H16Cl2N4O2S. The Morgan fingerprint density at radius 2 is 2.07 bits per heavy atom. The highest BCUT2D eigenvalue weighted by Crippen LogP contribution is 2.28. The van der Waals surface area contributed by atoms with E-state index in [0.29, 0.717) is 31.5 Å². The number of carbonyl (C=O) groups excluding carboxylic acids is 1. The molecule has 0 bridgehead atoms. The summed E-state index contributed by atoms with van der Waals surface area (Å²) in [5.74, 6) is 0.307. The van der Waals surface area contributed by atoms with Crippen molar-refractivity contribution in [1.82, 2.24) is 15.5 Å². The normalized spacial score (nSPS) is 13.1. The summed E-state index contributed by atoms with van der Waals surface area (Å²) in [7, 11) is 0. The fourth-order valence-electron chi connectivity index (χ4n) is 2.88. The van der Waals surface area contributed by atoms with Gasteiger partial charge in [-0.25, -0.2) is 0 Å². The minimum absolute atomic E-state index is 0.195. The number of aromatic nitrogens is 2. The molecule has 28 heavy (non-hydrogen) atoms. The van der Waals surface area contributed by atoms with E-state index in [1.165, 1.54) is 22.5 Å². The zero-order valence-electron chi connectivity index (χ0n) is 14.7. The summed E-state index contributed by atoms with van der Waals surface area (Å²) >= 11 is 13.2. The quantitative estimate of drug-likeness (QED) is 0.624. The third-order valence-electron chi connectivity index (χ3n) is 4.29. The summed E-state index contributed by atoms with van der Waals surface area (Å²) in [6, 6.07) is 10.8. The van der Waals surface area contributed by atoms with E-state index in [-0.39, 0.29) is 12.5 Å². The number of nitrogens with one attached hydrogen (secondary N) is 2. The lowest BCUT2D eigenvalue weighted by atomic mass is 9.98. The smallest absolute Gasteiger partial charge is 0.257 e. The average molecular weight is 435 g/mol. The molecule has 0 radical (unpaired) electrons. The number of hydrogen-bond donors (Lipinski definition) is 2. The first-order valence-electron chi connectivity index (χ1n) is 8.62. The molecule has 0 unspecified atom stereocenters. The van der Waals surface area contributed by atoms with Crippen LogP contribution in [0.1, 0.15) is 26.5 Å². The molecule has 1 aliphatic heterocycles. The number of halogens is 2. The number of benzene rings is 2. The molecule has 1 amide bonds. The van der Waals surface area contributed by atoms with E-state index >= 15 is 0 Å². The Bertz CT molecular complexity index is 1020. The molecule has 3 aromatic rings. The SMILES string of the molecule is O=C(Nc1nnc(COc2ccc(Cl)cc2Cl)s1)c1ccc2c(c1)CCNC2. The number of ether oxygens (including phenoxy) is 1. The van der Waals surface area contributed by atoms with Gasteiger partial charge in [0.05, 0.1) is 5.02 Å². The van der Waals surface area contributed by atoms with Gasteiger partial charge in [0, 0.05) is 17.1 Å². The molecule has 2 N–H and O–H groups in total. The Labute approximate surface area is 175 Å². The molecule has 1 aliphatic rings. The molecule has 2 heterocycles. The van der Waals surface area contributed by atoms with Crippen LogP contribution in [0.4, 0.5) is 5.13 Å². The third-order valence-corrected chi connectivity index (χ3v) is 5.63. The summed E-state index contributed by atoms with van der Waals surface area (Å²) in [4.78, 5) is 12.5. The first kappa shape index (κ1) is 19.1. The highest BCUT2D eigenvalue weighted by molar-refractivity contribution is 7.15. The van der Waals surface area contributed by atoms with Gasteiger partial charge < -0.3 is 10.1 Å². The Morgan fingerprint density at radius 1 is 1.18 bits per heavy atom. The van der Waals surface area contributed by atoms with Crippen molar-refractivity contribution in [2.45, 2.75) is 19.6 Å². The molecule has 0 saturated heterocycles. The number of fused-ring (bicyclic) bond motifs is 1. The highest BCUT2D eigenvalue weighted by Gasteiger charge is 2.15. The van der Waals surface area contributed by atoms with Gasteiger partial charge in [0.1, 0.15) is 12.4 Å². The van der Waals surface area contributed by atoms with E-state index in [0.717, 1.165) is 19.5 Å². The van der Waals surface area contributed by atoms with E-state index in [1.807, 2.05) is 18.2 Å². The van der Waals surface area contributed by atoms with E-state index in [2.05, 4.69) is 20.8 Å².